The van der Waals surface area contributed by atoms with E-state index in [0.717, 1.165) is 53.8 Å². The van der Waals surface area contributed by atoms with Gasteiger partial charge in [-0.3, -0.25) is 14.7 Å². The molecule has 0 aromatic heterocycles. The number of nitrogens with two attached hydrogens (primary N) is 2. The van der Waals surface area contributed by atoms with E-state index in [0.29, 0.717) is 31.9 Å². The first-order valence-corrected chi connectivity index (χ1v) is 16.0. The Labute approximate surface area is 259 Å². The van der Waals surface area contributed by atoms with Gasteiger partial charge in [-0.25, -0.2) is 0 Å². The van der Waals surface area contributed by atoms with E-state index in [1.54, 1.807) is 18.2 Å². The summed E-state index contributed by atoms with van der Waals surface area (Å²) in [5.41, 5.74) is 18.4. The lowest BCUT2D eigenvalue weighted by atomic mass is 9.70. The lowest BCUT2D eigenvalue weighted by Crippen LogP contribution is -3.07. The van der Waals surface area contributed by atoms with Crippen molar-refractivity contribution in [3.8, 4) is 11.5 Å². The van der Waals surface area contributed by atoms with Crippen molar-refractivity contribution in [1.29, 1.82) is 0 Å². The highest BCUT2D eigenvalue weighted by molar-refractivity contribution is 6.08. The first kappa shape index (κ1) is 32.1. The van der Waals surface area contributed by atoms with Gasteiger partial charge in [0, 0.05) is 24.5 Å². The molecule has 1 aliphatic carbocycles. The van der Waals surface area contributed by atoms with Gasteiger partial charge in [0.25, 0.3) is 0 Å². The second kappa shape index (κ2) is 14.2. The van der Waals surface area contributed by atoms with Gasteiger partial charge in [-0.1, -0.05) is 56.5 Å². The molecule has 236 valence electrons. The van der Waals surface area contributed by atoms with Gasteiger partial charge in [-0.15, -0.1) is 0 Å². The van der Waals surface area contributed by atoms with Crippen LogP contribution in [0.1, 0.15) is 87.6 Å². The molecule has 2 heterocycles. The summed E-state index contributed by atoms with van der Waals surface area (Å²) >= 11 is 0. The van der Waals surface area contributed by atoms with Crippen LogP contribution >= 0.6 is 0 Å². The number of aliphatic hydroxyl groups excluding tert-OH is 2. The van der Waals surface area contributed by atoms with Crippen LogP contribution in [-0.4, -0.2) is 52.3 Å². The normalized spacial score (nSPS) is 20.2. The molecule has 1 fully saturated rings. The summed E-state index contributed by atoms with van der Waals surface area (Å²) < 4.78 is 6.09. The summed E-state index contributed by atoms with van der Waals surface area (Å²) in [4.78, 5) is 18.4. The maximum Gasteiger partial charge on any atom is 0.227 e. The van der Waals surface area contributed by atoms with E-state index in [-0.39, 0.29) is 36.2 Å². The van der Waals surface area contributed by atoms with Gasteiger partial charge in [0.15, 0.2) is 11.5 Å². The number of aryl methyl sites for hydroxylation is 1. The number of ketones is 1. The van der Waals surface area contributed by atoms with Crippen molar-refractivity contribution in [1.82, 2.24) is 0 Å². The molecule has 5 rings (SSSR count). The Morgan fingerprint density at radius 2 is 1.91 bits per heavy atom. The van der Waals surface area contributed by atoms with Crippen LogP contribution in [0.15, 0.2) is 71.0 Å². The van der Waals surface area contributed by atoms with Crippen molar-refractivity contribution in [2.24, 2.45) is 16.5 Å². The minimum atomic E-state index is -0.835. The highest BCUT2D eigenvalue weighted by atomic mass is 16.5. The number of ether oxygens (including phenoxy) is 1. The third kappa shape index (κ3) is 7.30. The lowest BCUT2D eigenvalue weighted by molar-refractivity contribution is -0.851. The molecule has 2 aromatic carbocycles. The van der Waals surface area contributed by atoms with Gasteiger partial charge in [-0.05, 0) is 66.5 Å². The van der Waals surface area contributed by atoms with Crippen LogP contribution in [0, 0.1) is 0 Å². The Morgan fingerprint density at radius 3 is 2.66 bits per heavy atom. The average molecular weight is 604 g/mol. The fraction of sp³-hybridized carbons (Fsp3) is 0.486. The maximum absolute atomic E-state index is 12.4. The van der Waals surface area contributed by atoms with E-state index in [2.05, 4.69) is 18.3 Å². The molecule has 9 nitrogen and oxygen atoms in total. The zero-order chi connectivity index (χ0) is 31.3. The molecule has 0 bridgehead atoms. The summed E-state index contributed by atoms with van der Waals surface area (Å²) in [5, 5.41) is 30.5. The number of rotatable bonds is 15. The molecule has 0 radical (unpaired) electrons. The van der Waals surface area contributed by atoms with Crippen LogP contribution in [-0.2, 0) is 16.6 Å². The first-order valence-electron chi connectivity index (χ1n) is 16.0. The van der Waals surface area contributed by atoms with E-state index >= 15 is 0 Å². The number of allylic oxidation sites excluding steroid dienone is 1. The number of hydrogen-bond acceptors (Lipinski definition) is 8. The molecule has 2 aromatic rings. The van der Waals surface area contributed by atoms with E-state index in [9.17, 15) is 20.1 Å². The summed E-state index contributed by atoms with van der Waals surface area (Å²) in [5.74, 6) is 0.368. The van der Waals surface area contributed by atoms with Gasteiger partial charge >= 0.3 is 0 Å². The maximum atomic E-state index is 12.4. The Bertz CT molecular complexity index is 1430. The predicted molar refractivity (Wildman–Crippen MR) is 170 cm³/mol. The molecule has 0 spiro atoms. The molecule has 3 aliphatic rings. The van der Waals surface area contributed by atoms with Gasteiger partial charge in [0.2, 0.25) is 6.73 Å². The van der Waals surface area contributed by atoms with Crippen molar-refractivity contribution in [3.63, 3.8) is 0 Å². The van der Waals surface area contributed by atoms with Crippen LogP contribution in [0.5, 0.6) is 11.5 Å². The van der Waals surface area contributed by atoms with Crippen LogP contribution in [0.25, 0.3) is 0 Å². The predicted octanol–water partition coefficient (Wildman–Crippen LogP) is 3.08. The molecule has 8 N–H and O–H groups in total. The van der Waals surface area contributed by atoms with Gasteiger partial charge < -0.3 is 31.5 Å². The Morgan fingerprint density at radius 1 is 1.11 bits per heavy atom. The van der Waals surface area contributed by atoms with Crippen LogP contribution in [0.2, 0.25) is 0 Å². The van der Waals surface area contributed by atoms with Crippen molar-refractivity contribution < 1.29 is 29.8 Å². The van der Waals surface area contributed by atoms with Crippen LogP contribution in [0.3, 0.4) is 0 Å². The smallest absolute Gasteiger partial charge is 0.227 e. The quantitative estimate of drug-likeness (QED) is 0.171. The van der Waals surface area contributed by atoms with E-state index in [4.69, 9.17) is 21.2 Å². The number of Topliss-reactive ketones (excluding diaryl/α,β-unsaturated/α-hetero) is 1. The van der Waals surface area contributed by atoms with Crippen molar-refractivity contribution >= 4 is 11.5 Å². The zero-order valence-corrected chi connectivity index (χ0v) is 25.7. The van der Waals surface area contributed by atoms with E-state index in [1.165, 1.54) is 16.7 Å². The topological polar surface area (TPSA) is 156 Å². The number of fused-ring (bicyclic) bond motifs is 1. The Hall–Kier alpha value is -3.34. The summed E-state index contributed by atoms with van der Waals surface area (Å²) in [6.07, 6.45) is 9.15. The molecular weight excluding hydrogens is 556 g/mol. The number of aliphatic imine (C=N–C) groups is 1. The van der Waals surface area contributed by atoms with Gasteiger partial charge in [0.05, 0.1) is 23.9 Å². The second-order valence-corrected chi connectivity index (χ2v) is 12.6. The van der Waals surface area contributed by atoms with Crippen molar-refractivity contribution in [3.05, 3.63) is 82.7 Å². The lowest BCUT2D eigenvalue weighted by Gasteiger charge is -2.32. The number of hydrogen-bond donors (Lipinski definition) is 6. The third-order valence-corrected chi connectivity index (χ3v) is 9.25. The highest BCUT2D eigenvalue weighted by Crippen LogP contribution is 2.50. The minimum Gasteiger partial charge on any atom is -0.504 e. The zero-order valence-electron chi connectivity index (χ0n) is 25.7. The number of quaternary nitrogens is 1. The number of carbonyl (C=O) groups is 1. The van der Waals surface area contributed by atoms with E-state index < -0.39 is 18.4 Å². The molecular formula is C35H47N4O5+. The fourth-order valence-corrected chi connectivity index (χ4v) is 6.92. The van der Waals surface area contributed by atoms with Crippen LogP contribution in [0.4, 0.5) is 0 Å². The first-order chi connectivity index (χ1) is 21.2. The Balaban J connectivity index is 1.20. The monoisotopic (exact) mass is 603 g/mol. The number of nitrogens with one attached hydrogen (secondary N) is 1. The molecule has 3 atom stereocenters. The van der Waals surface area contributed by atoms with Gasteiger partial charge in [-0.2, -0.15) is 0 Å². The van der Waals surface area contributed by atoms with Crippen LogP contribution < -0.4 is 21.1 Å². The molecule has 0 amide bonds. The summed E-state index contributed by atoms with van der Waals surface area (Å²) in [7, 11) is 0. The third-order valence-electron chi connectivity index (χ3n) is 9.25. The fourth-order valence-electron chi connectivity index (χ4n) is 6.92. The SMILES string of the molecule is CCC[C@H](O)C[C@@H](O)CC(=O)CCc1ccc(O)c(OC[NH+]2C=C3C(C4(c5cccc(C(N)N)c5)CCCC4)=CN=C3C2)c1. The number of aromatic hydroxyl groups is 1. The van der Waals surface area contributed by atoms with Gasteiger partial charge in [0.1, 0.15) is 24.2 Å². The number of aliphatic hydroxyl groups is 2. The molecule has 9 heteroatoms. The number of phenolic OH excluding ortho intramolecular Hbond substituents is 1. The molecule has 0 saturated heterocycles. The second-order valence-electron chi connectivity index (χ2n) is 12.6. The average Bonchev–Trinajstić information content (AvgIpc) is 3.73. The molecule has 1 unspecified atom stereocenters. The summed E-state index contributed by atoms with van der Waals surface area (Å²) in [6, 6.07) is 13.5. The number of benzene rings is 2. The molecule has 1 saturated carbocycles. The Kier molecular flexibility index (Phi) is 10.3. The minimum absolute atomic E-state index is 0.0306. The largest absolute Gasteiger partial charge is 0.504 e. The number of phenols is 1. The number of nitrogens with zero attached hydrogens (tertiary/aromatic N) is 1. The molecule has 2 aliphatic heterocycles. The standard InChI is InChI=1S/C35H46N4O5/c1-2-6-26(40)17-28(42)18-27(41)11-9-23-10-12-32(43)33(15-23)44-22-39-20-29-30(19-38-31(29)21-39)35(13-3-4-14-35)25-8-5-7-24(16-25)34(36)37/h5,7-8,10,12,15-16,19-20,26,28,34,40,42-43H,2-4,6,9,11,13-14,17-18,21-22,36-37H2,1H3/p+1/t26-,28+/m0/s1. The van der Waals surface area contributed by atoms with E-state index in [1.807, 2.05) is 25.3 Å². The van der Waals surface area contributed by atoms with Crippen molar-refractivity contribution in [2.75, 3.05) is 13.3 Å². The molecule has 44 heavy (non-hydrogen) atoms. The summed E-state index contributed by atoms with van der Waals surface area (Å²) in [6.45, 7) is 2.99. The highest BCUT2D eigenvalue weighted by Gasteiger charge is 2.45. The number of carbonyl (C=O) groups excluding carboxylic acids is 1. The van der Waals surface area contributed by atoms with Crippen molar-refractivity contribution in [2.45, 2.75) is 94.9 Å².